The predicted molar refractivity (Wildman–Crippen MR) is 120 cm³/mol. The van der Waals surface area contributed by atoms with Crippen LogP contribution in [0.15, 0.2) is 53.1 Å². The molecular weight excluding hydrogens is 456 g/mol. The van der Waals surface area contributed by atoms with E-state index in [-0.39, 0.29) is 34.7 Å². The Kier molecular flexibility index (Phi) is 5.56. The van der Waals surface area contributed by atoms with Gasteiger partial charge in [0.25, 0.3) is 0 Å². The van der Waals surface area contributed by atoms with Gasteiger partial charge in [-0.05, 0) is 18.2 Å². The van der Waals surface area contributed by atoms with Crippen molar-refractivity contribution in [3.63, 3.8) is 0 Å². The van der Waals surface area contributed by atoms with Gasteiger partial charge in [-0.1, -0.05) is 30.0 Å². The third kappa shape index (κ3) is 3.03. The standard InChI is InChI=1S/C22H18N2O6S.ClH/c1-28-11-6-3-5-10(9-11)24-20(25)15-14-12-7-4-8-13(29-2)17(12)30-22(27)16(14)19(23)31-18(15)21(24)26;/h3-9,14-15,18H,23H2,1-2H3;1H. The van der Waals surface area contributed by atoms with Gasteiger partial charge in [0.1, 0.15) is 11.0 Å². The van der Waals surface area contributed by atoms with Crippen LogP contribution in [-0.2, 0) is 14.4 Å². The second-order valence-corrected chi connectivity index (χ2v) is 8.48. The Labute approximate surface area is 194 Å². The average molecular weight is 475 g/mol. The fourth-order valence-corrected chi connectivity index (χ4v) is 5.66. The molecule has 1 fully saturated rings. The SMILES string of the molecule is COc1cccc(N2C(=O)C3SC(N)=C4C(=O)Oc5c(OC)cccc5C4C3C2=O)c1.Cl. The number of halogens is 1. The normalized spacial score (nSPS) is 23.6. The zero-order chi connectivity index (χ0) is 21.9. The average Bonchev–Trinajstić information content (AvgIpc) is 3.02. The number of rotatable bonds is 3. The first kappa shape index (κ1) is 22.0. The van der Waals surface area contributed by atoms with Crippen molar-refractivity contribution in [1.29, 1.82) is 0 Å². The molecule has 2 aromatic rings. The van der Waals surface area contributed by atoms with E-state index in [9.17, 15) is 14.4 Å². The van der Waals surface area contributed by atoms with E-state index in [0.717, 1.165) is 16.7 Å². The van der Waals surface area contributed by atoms with E-state index in [4.69, 9.17) is 19.9 Å². The highest BCUT2D eigenvalue weighted by molar-refractivity contribution is 8.04. The smallest absolute Gasteiger partial charge is 0.342 e. The number of methoxy groups -OCH3 is 2. The Morgan fingerprint density at radius 2 is 1.78 bits per heavy atom. The molecule has 0 aliphatic carbocycles. The van der Waals surface area contributed by atoms with Crippen LogP contribution >= 0.6 is 24.2 Å². The van der Waals surface area contributed by atoms with E-state index < -0.39 is 29.0 Å². The van der Waals surface area contributed by atoms with Crippen molar-refractivity contribution in [2.45, 2.75) is 11.2 Å². The number of esters is 1. The first-order chi connectivity index (χ1) is 15.0. The molecule has 2 aromatic carbocycles. The number of fused-ring (bicyclic) bond motifs is 5. The summed E-state index contributed by atoms with van der Waals surface area (Å²) in [5, 5.41) is -0.559. The molecule has 0 spiro atoms. The summed E-state index contributed by atoms with van der Waals surface area (Å²) >= 11 is 1.03. The lowest BCUT2D eigenvalue weighted by Gasteiger charge is -2.36. The van der Waals surface area contributed by atoms with Crippen molar-refractivity contribution < 1.29 is 28.6 Å². The van der Waals surface area contributed by atoms with Gasteiger partial charge in [0.05, 0.1) is 36.4 Å². The van der Waals surface area contributed by atoms with Gasteiger partial charge >= 0.3 is 5.97 Å². The van der Waals surface area contributed by atoms with Crippen LogP contribution in [0.25, 0.3) is 0 Å². The maximum absolute atomic E-state index is 13.6. The van der Waals surface area contributed by atoms with E-state index >= 15 is 0 Å². The van der Waals surface area contributed by atoms with E-state index in [1.807, 2.05) is 0 Å². The summed E-state index contributed by atoms with van der Waals surface area (Å²) in [7, 11) is 2.98. The number of carbonyl (C=O) groups excluding carboxylic acids is 3. The summed E-state index contributed by atoms with van der Waals surface area (Å²) in [5.41, 5.74) is 7.43. The second-order valence-electron chi connectivity index (χ2n) is 7.30. The Morgan fingerprint density at radius 1 is 1.03 bits per heavy atom. The van der Waals surface area contributed by atoms with Crippen molar-refractivity contribution in [2.24, 2.45) is 11.7 Å². The zero-order valence-electron chi connectivity index (χ0n) is 17.1. The molecule has 0 bridgehead atoms. The fourth-order valence-electron chi connectivity index (χ4n) is 4.42. The number of para-hydroxylation sites is 1. The van der Waals surface area contributed by atoms with Crippen LogP contribution in [0.5, 0.6) is 17.2 Å². The molecule has 5 rings (SSSR count). The molecule has 10 heteroatoms. The second kappa shape index (κ2) is 8.07. The summed E-state index contributed by atoms with van der Waals surface area (Å²) in [4.78, 5) is 40.9. The molecule has 2 N–H and O–H groups in total. The Bertz CT molecular complexity index is 1180. The van der Waals surface area contributed by atoms with Crippen molar-refractivity contribution in [1.82, 2.24) is 0 Å². The number of imide groups is 1. The summed E-state index contributed by atoms with van der Waals surface area (Å²) in [5.74, 6) is -1.76. The molecule has 3 atom stereocenters. The third-order valence-electron chi connectivity index (χ3n) is 5.78. The van der Waals surface area contributed by atoms with Gasteiger partial charge in [0.2, 0.25) is 11.8 Å². The number of nitrogens with two attached hydrogens (primary N) is 1. The highest BCUT2D eigenvalue weighted by Crippen LogP contribution is 2.56. The van der Waals surface area contributed by atoms with Crippen molar-refractivity contribution in [3.8, 4) is 17.2 Å². The lowest BCUT2D eigenvalue weighted by molar-refractivity contribution is -0.132. The molecule has 3 aliphatic rings. The minimum atomic E-state index is -0.801. The van der Waals surface area contributed by atoms with Gasteiger partial charge in [0.15, 0.2) is 11.5 Å². The van der Waals surface area contributed by atoms with Gasteiger partial charge in [0, 0.05) is 17.5 Å². The van der Waals surface area contributed by atoms with E-state index in [0.29, 0.717) is 22.7 Å². The number of thioether (sulfide) groups is 1. The molecule has 32 heavy (non-hydrogen) atoms. The minimum absolute atomic E-state index is 0. The monoisotopic (exact) mass is 474 g/mol. The predicted octanol–water partition coefficient (Wildman–Crippen LogP) is 2.60. The number of nitrogens with zero attached hydrogens (tertiary/aromatic N) is 1. The van der Waals surface area contributed by atoms with Gasteiger partial charge in [-0.15, -0.1) is 12.4 Å². The number of ether oxygens (including phenoxy) is 3. The van der Waals surface area contributed by atoms with Gasteiger partial charge < -0.3 is 19.9 Å². The van der Waals surface area contributed by atoms with Crippen molar-refractivity contribution in [3.05, 3.63) is 58.6 Å². The van der Waals surface area contributed by atoms with Crippen LogP contribution in [0, 0.1) is 5.92 Å². The third-order valence-corrected chi connectivity index (χ3v) is 7.00. The topological polar surface area (TPSA) is 108 Å². The maximum atomic E-state index is 13.6. The lowest BCUT2D eigenvalue weighted by atomic mass is 9.77. The molecule has 166 valence electrons. The Morgan fingerprint density at radius 3 is 2.50 bits per heavy atom. The van der Waals surface area contributed by atoms with Crippen molar-refractivity contribution >= 4 is 47.6 Å². The molecule has 0 aromatic heterocycles. The molecule has 3 heterocycles. The van der Waals surface area contributed by atoms with Crippen LogP contribution in [0.4, 0.5) is 5.69 Å². The van der Waals surface area contributed by atoms with Crippen LogP contribution in [-0.4, -0.2) is 37.3 Å². The fraction of sp³-hybridized carbons (Fsp3) is 0.227. The molecule has 0 radical (unpaired) electrons. The van der Waals surface area contributed by atoms with Gasteiger partial charge in [-0.25, -0.2) is 9.69 Å². The molecule has 3 unspecified atom stereocenters. The number of amides is 2. The zero-order valence-corrected chi connectivity index (χ0v) is 18.7. The van der Waals surface area contributed by atoms with Gasteiger partial charge in [-0.2, -0.15) is 0 Å². The summed E-state index contributed by atoms with van der Waals surface area (Å²) in [6.07, 6.45) is 0. The Hall–Kier alpha value is -3.17. The first-order valence-electron chi connectivity index (χ1n) is 9.53. The molecule has 3 aliphatic heterocycles. The van der Waals surface area contributed by atoms with E-state index in [1.165, 1.54) is 14.2 Å². The van der Waals surface area contributed by atoms with E-state index in [2.05, 4.69) is 0 Å². The Balaban J connectivity index is 0.00000245. The summed E-state index contributed by atoms with van der Waals surface area (Å²) in [6, 6.07) is 11.9. The molecule has 2 amide bonds. The molecule has 1 saturated heterocycles. The number of anilines is 1. The van der Waals surface area contributed by atoms with Crippen LogP contribution in [0.3, 0.4) is 0 Å². The van der Waals surface area contributed by atoms with Crippen LogP contribution in [0.2, 0.25) is 0 Å². The quantitative estimate of drug-likeness (QED) is 0.411. The highest BCUT2D eigenvalue weighted by Gasteiger charge is 2.58. The summed E-state index contributed by atoms with van der Waals surface area (Å²) in [6.45, 7) is 0. The van der Waals surface area contributed by atoms with Crippen molar-refractivity contribution in [2.75, 3.05) is 19.1 Å². The highest BCUT2D eigenvalue weighted by atomic mass is 35.5. The number of hydrogen-bond acceptors (Lipinski definition) is 8. The van der Waals surface area contributed by atoms with Crippen LogP contribution < -0.4 is 24.8 Å². The van der Waals surface area contributed by atoms with E-state index in [1.54, 1.807) is 42.5 Å². The maximum Gasteiger partial charge on any atom is 0.342 e. The summed E-state index contributed by atoms with van der Waals surface area (Å²) < 4.78 is 16.1. The molecule has 0 saturated carbocycles. The number of benzene rings is 2. The largest absolute Gasteiger partial charge is 0.497 e. The first-order valence-corrected chi connectivity index (χ1v) is 10.4. The lowest BCUT2D eigenvalue weighted by Crippen LogP contribution is -2.39. The van der Waals surface area contributed by atoms with Gasteiger partial charge in [-0.3, -0.25) is 9.59 Å². The number of hydrogen-bond donors (Lipinski definition) is 1. The molecule has 8 nitrogen and oxygen atoms in total. The van der Waals surface area contributed by atoms with Crippen LogP contribution in [0.1, 0.15) is 11.5 Å². The minimum Gasteiger partial charge on any atom is -0.497 e. The molecular formula is C22H19ClN2O6S. The number of carbonyl (C=O) groups is 3.